The third-order valence-corrected chi connectivity index (χ3v) is 5.62. The molecule has 134 valence electrons. The minimum atomic E-state index is -0.377. The van der Waals surface area contributed by atoms with E-state index in [4.69, 9.17) is 4.98 Å². The fourth-order valence-corrected chi connectivity index (χ4v) is 3.95. The number of aryl methyl sites for hydroxylation is 2. The molecular formula is C20H22N4OS. The average molecular weight is 366 g/mol. The molecule has 0 saturated heterocycles. The van der Waals surface area contributed by atoms with E-state index in [0.717, 1.165) is 30.7 Å². The number of rotatable bonds is 4. The molecule has 1 aliphatic rings. The molecule has 0 aromatic carbocycles. The summed E-state index contributed by atoms with van der Waals surface area (Å²) in [4.78, 5) is 21.5. The highest BCUT2D eigenvalue weighted by Crippen LogP contribution is 2.31. The van der Waals surface area contributed by atoms with Crippen LogP contribution in [0.1, 0.15) is 42.8 Å². The molecule has 2 heterocycles. The Kier molecular flexibility index (Phi) is 5.58. The van der Waals surface area contributed by atoms with Crippen LogP contribution < -0.4 is 5.32 Å². The van der Waals surface area contributed by atoms with Crippen LogP contribution in [-0.4, -0.2) is 21.1 Å². The summed E-state index contributed by atoms with van der Waals surface area (Å²) in [5, 5.41) is 12.6. The van der Waals surface area contributed by atoms with Crippen molar-refractivity contribution < 1.29 is 4.79 Å². The Bertz CT molecular complexity index is 875. The van der Waals surface area contributed by atoms with E-state index in [1.165, 1.54) is 17.3 Å². The summed E-state index contributed by atoms with van der Waals surface area (Å²) >= 11 is 1.33. The van der Waals surface area contributed by atoms with Crippen molar-refractivity contribution in [2.75, 3.05) is 5.32 Å². The van der Waals surface area contributed by atoms with Gasteiger partial charge in [-0.25, -0.2) is 9.97 Å². The second-order valence-electron chi connectivity index (χ2n) is 6.82. The predicted octanol–water partition coefficient (Wildman–Crippen LogP) is 3.90. The predicted molar refractivity (Wildman–Crippen MR) is 103 cm³/mol. The van der Waals surface area contributed by atoms with Crippen LogP contribution in [-0.2, 0) is 17.6 Å². The summed E-state index contributed by atoms with van der Waals surface area (Å²) in [6, 6.07) is 9.69. The number of thioether (sulfide) groups is 1. The van der Waals surface area contributed by atoms with Crippen LogP contribution in [0.25, 0.3) is 0 Å². The van der Waals surface area contributed by atoms with Crippen molar-refractivity contribution in [1.29, 1.82) is 5.26 Å². The quantitative estimate of drug-likeness (QED) is 0.830. The molecule has 0 saturated carbocycles. The zero-order chi connectivity index (χ0) is 18.7. The molecule has 1 N–H and O–H groups in total. The largest absolute Gasteiger partial charge is 0.310 e. The first-order valence-electron chi connectivity index (χ1n) is 8.80. The third-order valence-electron chi connectivity index (χ3n) is 4.52. The molecule has 2 aromatic heterocycles. The van der Waals surface area contributed by atoms with Crippen LogP contribution in [0, 0.1) is 24.2 Å². The number of carbonyl (C=O) groups excluding carboxylic acids is 1. The highest BCUT2D eigenvalue weighted by atomic mass is 32.2. The smallest absolute Gasteiger partial charge is 0.238 e. The first kappa shape index (κ1) is 18.4. The van der Waals surface area contributed by atoms with E-state index < -0.39 is 0 Å². The first-order valence-corrected chi connectivity index (χ1v) is 9.68. The summed E-state index contributed by atoms with van der Waals surface area (Å²) < 4.78 is 0. The van der Waals surface area contributed by atoms with Crippen LogP contribution in [0.15, 0.2) is 29.3 Å². The van der Waals surface area contributed by atoms with Gasteiger partial charge in [0, 0.05) is 11.4 Å². The lowest BCUT2D eigenvalue weighted by molar-refractivity contribution is -0.115. The molecule has 26 heavy (non-hydrogen) atoms. The van der Waals surface area contributed by atoms with E-state index in [9.17, 15) is 10.1 Å². The topological polar surface area (TPSA) is 78.7 Å². The summed E-state index contributed by atoms with van der Waals surface area (Å²) in [6.07, 6.45) is 3.02. The SMILES string of the molecule is Cc1cccc(NC(=O)C(C)Sc2nc3c(cc2C#N)CC(C)CC3)n1. The molecule has 0 bridgehead atoms. The van der Waals surface area contributed by atoms with Gasteiger partial charge in [-0.1, -0.05) is 24.8 Å². The number of nitriles is 1. The van der Waals surface area contributed by atoms with Gasteiger partial charge < -0.3 is 5.32 Å². The summed E-state index contributed by atoms with van der Waals surface area (Å²) in [6.45, 7) is 5.93. The zero-order valence-electron chi connectivity index (χ0n) is 15.2. The number of aromatic nitrogens is 2. The molecule has 0 aliphatic heterocycles. The summed E-state index contributed by atoms with van der Waals surface area (Å²) in [5.74, 6) is 1.02. The lowest BCUT2D eigenvalue weighted by Crippen LogP contribution is -2.23. The molecule has 2 atom stereocenters. The molecule has 0 spiro atoms. The standard InChI is InChI=1S/C20H22N4OS/c1-12-7-8-17-15(9-12)10-16(11-21)20(23-17)26-14(3)19(25)24-18-6-4-5-13(2)22-18/h4-6,10,12,14H,7-9H2,1-3H3,(H,22,24,25). The summed E-state index contributed by atoms with van der Waals surface area (Å²) in [7, 11) is 0. The van der Waals surface area contributed by atoms with Crippen molar-refractivity contribution in [3.8, 4) is 6.07 Å². The van der Waals surface area contributed by atoms with Crippen LogP contribution in [0.2, 0.25) is 0 Å². The minimum absolute atomic E-state index is 0.148. The average Bonchev–Trinajstić information content (AvgIpc) is 2.61. The van der Waals surface area contributed by atoms with Crippen molar-refractivity contribution >= 4 is 23.5 Å². The van der Waals surface area contributed by atoms with Crippen LogP contribution in [0.3, 0.4) is 0 Å². The molecule has 0 radical (unpaired) electrons. The molecule has 3 rings (SSSR count). The Morgan fingerprint density at radius 1 is 1.42 bits per heavy atom. The molecule has 1 aliphatic carbocycles. The van der Waals surface area contributed by atoms with Gasteiger partial charge >= 0.3 is 0 Å². The maximum atomic E-state index is 12.5. The Labute approximate surface area is 158 Å². The fourth-order valence-electron chi connectivity index (χ4n) is 3.06. The van der Waals surface area contributed by atoms with Gasteiger partial charge in [-0.15, -0.1) is 0 Å². The van der Waals surface area contributed by atoms with E-state index in [-0.39, 0.29) is 11.2 Å². The lowest BCUT2D eigenvalue weighted by atomic mass is 9.87. The second-order valence-corrected chi connectivity index (χ2v) is 8.15. The lowest BCUT2D eigenvalue weighted by Gasteiger charge is -2.22. The zero-order valence-corrected chi connectivity index (χ0v) is 16.1. The first-order chi connectivity index (χ1) is 12.5. The Morgan fingerprint density at radius 3 is 2.96 bits per heavy atom. The van der Waals surface area contributed by atoms with Crippen molar-refractivity contribution in [2.45, 2.75) is 50.3 Å². The van der Waals surface area contributed by atoms with Gasteiger partial charge in [0.15, 0.2) is 0 Å². The number of fused-ring (bicyclic) bond motifs is 1. The number of nitrogens with one attached hydrogen (secondary N) is 1. The number of anilines is 1. The van der Waals surface area contributed by atoms with Gasteiger partial charge in [-0.3, -0.25) is 4.79 Å². The maximum absolute atomic E-state index is 12.5. The molecular weight excluding hydrogens is 344 g/mol. The van der Waals surface area contributed by atoms with Crippen molar-refractivity contribution in [2.24, 2.45) is 5.92 Å². The Morgan fingerprint density at radius 2 is 2.23 bits per heavy atom. The van der Waals surface area contributed by atoms with E-state index in [2.05, 4.69) is 23.3 Å². The fraction of sp³-hybridized carbons (Fsp3) is 0.400. The van der Waals surface area contributed by atoms with Gasteiger partial charge in [0.25, 0.3) is 0 Å². The van der Waals surface area contributed by atoms with Gasteiger partial charge in [-0.05, 0) is 62.8 Å². The molecule has 2 unspecified atom stereocenters. The molecule has 5 nitrogen and oxygen atoms in total. The molecule has 0 fully saturated rings. The number of pyridine rings is 2. The number of carbonyl (C=O) groups is 1. The van der Waals surface area contributed by atoms with Gasteiger partial charge in [-0.2, -0.15) is 5.26 Å². The highest BCUT2D eigenvalue weighted by Gasteiger charge is 2.22. The molecule has 1 amide bonds. The van der Waals surface area contributed by atoms with E-state index in [0.29, 0.717) is 22.3 Å². The summed E-state index contributed by atoms with van der Waals surface area (Å²) in [5.41, 5.74) is 3.64. The number of hydrogen-bond donors (Lipinski definition) is 1. The van der Waals surface area contributed by atoms with Crippen LogP contribution in [0.4, 0.5) is 5.82 Å². The second kappa shape index (κ2) is 7.88. The van der Waals surface area contributed by atoms with Crippen molar-refractivity contribution in [3.63, 3.8) is 0 Å². The number of nitrogens with zero attached hydrogens (tertiary/aromatic N) is 3. The number of amides is 1. The van der Waals surface area contributed by atoms with E-state index >= 15 is 0 Å². The normalized spacial score (nSPS) is 17.1. The van der Waals surface area contributed by atoms with Gasteiger partial charge in [0.05, 0.1) is 10.8 Å². The van der Waals surface area contributed by atoms with E-state index in [1.807, 2.05) is 32.0 Å². The Hall–Kier alpha value is -2.39. The third kappa shape index (κ3) is 4.23. The maximum Gasteiger partial charge on any atom is 0.238 e. The van der Waals surface area contributed by atoms with E-state index in [1.54, 1.807) is 6.07 Å². The number of hydrogen-bond acceptors (Lipinski definition) is 5. The van der Waals surface area contributed by atoms with Crippen molar-refractivity contribution in [1.82, 2.24) is 9.97 Å². The van der Waals surface area contributed by atoms with Gasteiger partial charge in [0.2, 0.25) is 5.91 Å². The minimum Gasteiger partial charge on any atom is -0.310 e. The highest BCUT2D eigenvalue weighted by molar-refractivity contribution is 8.00. The van der Waals surface area contributed by atoms with Crippen LogP contribution in [0.5, 0.6) is 0 Å². The Balaban J connectivity index is 1.75. The monoisotopic (exact) mass is 366 g/mol. The molecule has 2 aromatic rings. The van der Waals surface area contributed by atoms with Crippen LogP contribution >= 0.6 is 11.8 Å². The molecule has 6 heteroatoms. The van der Waals surface area contributed by atoms with Crippen molar-refractivity contribution in [3.05, 3.63) is 46.8 Å². The van der Waals surface area contributed by atoms with Gasteiger partial charge in [0.1, 0.15) is 16.9 Å².